The second-order valence-corrected chi connectivity index (χ2v) is 14.7. The second-order valence-electron chi connectivity index (χ2n) is 14.7. The summed E-state index contributed by atoms with van der Waals surface area (Å²) in [5, 5.41) is 2.73. The quantitative estimate of drug-likeness (QED) is 0.241. The van der Waals surface area contributed by atoms with Crippen molar-refractivity contribution in [1.82, 2.24) is 5.32 Å². The maximum absolute atomic E-state index is 12.6. The van der Waals surface area contributed by atoms with E-state index in [2.05, 4.69) is 46.0 Å². The average molecular weight is 536 g/mol. The van der Waals surface area contributed by atoms with E-state index in [1.165, 1.54) is 51.4 Å². The number of allylic oxidation sites excluding steroid dienone is 4. The molecular formula is C35H53NO3. The molecule has 0 aliphatic heterocycles. The molecule has 0 aromatic carbocycles. The number of hydrogen-bond acceptors (Lipinski definition) is 3. The summed E-state index contributed by atoms with van der Waals surface area (Å²) >= 11 is 0. The van der Waals surface area contributed by atoms with Crippen LogP contribution in [-0.2, 0) is 14.3 Å². The molecule has 0 spiro atoms. The van der Waals surface area contributed by atoms with Crippen molar-refractivity contribution >= 4 is 11.9 Å². The van der Waals surface area contributed by atoms with Gasteiger partial charge in [0.2, 0.25) is 5.91 Å². The van der Waals surface area contributed by atoms with Crippen molar-refractivity contribution in [2.24, 2.45) is 46.3 Å². The molecule has 0 heterocycles. The third-order valence-electron chi connectivity index (χ3n) is 12.0. The van der Waals surface area contributed by atoms with Crippen molar-refractivity contribution in [3.8, 4) is 0 Å². The molecule has 3 fully saturated rings. The first-order valence-corrected chi connectivity index (χ1v) is 16.1. The molecule has 1 N–H and O–H groups in total. The zero-order valence-corrected chi connectivity index (χ0v) is 25.3. The van der Waals surface area contributed by atoms with E-state index in [1.807, 2.05) is 12.2 Å². The van der Waals surface area contributed by atoms with E-state index >= 15 is 0 Å². The van der Waals surface area contributed by atoms with Crippen molar-refractivity contribution in [3.63, 3.8) is 0 Å². The van der Waals surface area contributed by atoms with Gasteiger partial charge in [0, 0.05) is 12.0 Å². The number of fused-ring (bicyclic) bond motifs is 5. The molecule has 3 saturated carbocycles. The third kappa shape index (κ3) is 5.68. The van der Waals surface area contributed by atoms with E-state index in [1.54, 1.807) is 11.6 Å². The fraction of sp³-hybridized carbons (Fsp3) is 0.771. The van der Waals surface area contributed by atoms with Gasteiger partial charge in [0.15, 0.2) is 0 Å². The van der Waals surface area contributed by atoms with Crippen LogP contribution in [0.25, 0.3) is 0 Å². The van der Waals surface area contributed by atoms with Crippen molar-refractivity contribution in [1.29, 1.82) is 0 Å². The number of amides is 1. The molecule has 5 rings (SSSR count). The summed E-state index contributed by atoms with van der Waals surface area (Å²) < 4.78 is 5.88. The van der Waals surface area contributed by atoms with Gasteiger partial charge in [-0.3, -0.25) is 9.59 Å². The van der Waals surface area contributed by atoms with Gasteiger partial charge in [0.25, 0.3) is 0 Å². The Kier molecular flexibility index (Phi) is 8.51. The summed E-state index contributed by atoms with van der Waals surface area (Å²) in [5.74, 6) is 4.54. The minimum atomic E-state index is -0.314. The highest BCUT2D eigenvalue weighted by Crippen LogP contribution is 2.67. The van der Waals surface area contributed by atoms with Crippen LogP contribution in [0, 0.1) is 46.3 Å². The van der Waals surface area contributed by atoms with Crippen LogP contribution in [-0.4, -0.2) is 24.5 Å². The normalized spacial score (nSPS) is 37.8. The first kappa shape index (κ1) is 28.7. The number of rotatable bonds is 9. The summed E-state index contributed by atoms with van der Waals surface area (Å²) in [6, 6.07) is 0. The Hall–Kier alpha value is -1.84. The fourth-order valence-corrected chi connectivity index (χ4v) is 9.86. The summed E-state index contributed by atoms with van der Waals surface area (Å²) in [4.78, 5) is 24.8. The lowest BCUT2D eigenvalue weighted by Gasteiger charge is -2.58. The number of esters is 1. The number of carbonyl (C=O) groups excluding carboxylic acids is 2. The van der Waals surface area contributed by atoms with E-state index in [0.29, 0.717) is 17.4 Å². The second kappa shape index (κ2) is 11.6. The lowest BCUT2D eigenvalue weighted by atomic mass is 9.47. The number of ether oxygens (including phenoxy) is 1. The lowest BCUT2D eigenvalue weighted by molar-refractivity contribution is -0.151. The summed E-state index contributed by atoms with van der Waals surface area (Å²) in [6.07, 6.45) is 22.7. The SMILES string of the molecule is CC(C)CCC[C@@H](C)[C@H]1CC[C@H]2[C@@H]3CC=C4C[C@@H](OC(=O)CNC(=O)C5=CC=CC5)CC[C@]4(C)[C@H]3CC[C@]12C. The first-order chi connectivity index (χ1) is 18.6. The minimum Gasteiger partial charge on any atom is -0.461 e. The van der Waals surface area contributed by atoms with E-state index in [-0.39, 0.29) is 29.9 Å². The van der Waals surface area contributed by atoms with Crippen LogP contribution in [0.2, 0.25) is 0 Å². The van der Waals surface area contributed by atoms with Crippen LogP contribution in [0.3, 0.4) is 0 Å². The topological polar surface area (TPSA) is 55.4 Å². The predicted octanol–water partition coefficient (Wildman–Crippen LogP) is 7.94. The smallest absolute Gasteiger partial charge is 0.325 e. The molecular weight excluding hydrogens is 482 g/mol. The number of hydrogen-bond donors (Lipinski definition) is 1. The van der Waals surface area contributed by atoms with Gasteiger partial charge in [0.1, 0.15) is 12.6 Å². The summed E-state index contributed by atoms with van der Waals surface area (Å²) in [6.45, 7) is 12.4. The standard InChI is InChI=1S/C35H53NO3/c1-23(2)9-8-10-24(3)29-15-16-30-28-14-13-26-21-27(17-19-34(26,4)31(28)18-20-35(29,30)5)39-32(37)22-36-33(38)25-11-6-7-12-25/h6-7,11,13,23-24,27-31H,8-10,12,14-22H2,1-5H3,(H,36,38)/t24-,27+,28+,29-,30+,31+,34+,35-/m1/s1. The highest BCUT2D eigenvalue weighted by molar-refractivity contribution is 5.96. The van der Waals surface area contributed by atoms with Gasteiger partial charge < -0.3 is 10.1 Å². The molecule has 8 atom stereocenters. The van der Waals surface area contributed by atoms with Gasteiger partial charge in [0.05, 0.1) is 0 Å². The van der Waals surface area contributed by atoms with Crippen molar-refractivity contribution < 1.29 is 14.3 Å². The van der Waals surface area contributed by atoms with Gasteiger partial charge in [-0.05, 0) is 97.7 Å². The van der Waals surface area contributed by atoms with Crippen LogP contribution >= 0.6 is 0 Å². The molecule has 4 heteroatoms. The monoisotopic (exact) mass is 535 g/mol. The maximum Gasteiger partial charge on any atom is 0.325 e. The molecule has 5 aliphatic rings. The van der Waals surface area contributed by atoms with Crippen molar-refractivity contribution in [2.75, 3.05) is 6.54 Å². The summed E-state index contributed by atoms with van der Waals surface area (Å²) in [5.41, 5.74) is 3.02. The molecule has 1 amide bonds. The molecule has 216 valence electrons. The van der Waals surface area contributed by atoms with Crippen LogP contribution in [0.15, 0.2) is 35.5 Å². The fourth-order valence-electron chi connectivity index (χ4n) is 9.86. The van der Waals surface area contributed by atoms with Crippen LogP contribution in [0.4, 0.5) is 0 Å². The van der Waals surface area contributed by atoms with E-state index in [4.69, 9.17) is 4.74 Å². The molecule has 39 heavy (non-hydrogen) atoms. The Balaban J connectivity index is 1.17. The zero-order chi connectivity index (χ0) is 27.8. The third-order valence-corrected chi connectivity index (χ3v) is 12.0. The largest absolute Gasteiger partial charge is 0.461 e. The molecule has 5 aliphatic carbocycles. The molecule has 0 unspecified atom stereocenters. The molecule has 0 aromatic rings. The maximum atomic E-state index is 12.6. The number of carbonyl (C=O) groups is 2. The Labute approximate surface area is 237 Å². The van der Waals surface area contributed by atoms with Gasteiger partial charge in [-0.1, -0.05) is 83.8 Å². The minimum absolute atomic E-state index is 0.0506. The van der Waals surface area contributed by atoms with Crippen molar-refractivity contribution in [3.05, 3.63) is 35.5 Å². The van der Waals surface area contributed by atoms with E-state index in [9.17, 15) is 9.59 Å². The Morgan fingerprint density at radius 1 is 1.05 bits per heavy atom. The van der Waals surface area contributed by atoms with Crippen LogP contribution < -0.4 is 5.32 Å². The Morgan fingerprint density at radius 2 is 1.87 bits per heavy atom. The molecule has 0 saturated heterocycles. The first-order valence-electron chi connectivity index (χ1n) is 16.1. The predicted molar refractivity (Wildman–Crippen MR) is 158 cm³/mol. The highest BCUT2D eigenvalue weighted by atomic mass is 16.5. The highest BCUT2D eigenvalue weighted by Gasteiger charge is 2.59. The Morgan fingerprint density at radius 3 is 2.62 bits per heavy atom. The average Bonchev–Trinajstić information content (AvgIpc) is 3.55. The van der Waals surface area contributed by atoms with Gasteiger partial charge in [-0.2, -0.15) is 0 Å². The Bertz CT molecular complexity index is 1020. The van der Waals surface area contributed by atoms with Crippen LogP contribution in [0.1, 0.15) is 112 Å². The van der Waals surface area contributed by atoms with E-state index < -0.39 is 0 Å². The van der Waals surface area contributed by atoms with Gasteiger partial charge in [-0.25, -0.2) is 0 Å². The molecule has 0 aromatic heterocycles. The van der Waals surface area contributed by atoms with Gasteiger partial charge >= 0.3 is 5.97 Å². The molecule has 4 nitrogen and oxygen atoms in total. The molecule has 0 bridgehead atoms. The molecule has 0 radical (unpaired) electrons. The van der Waals surface area contributed by atoms with E-state index in [0.717, 1.165) is 54.8 Å². The van der Waals surface area contributed by atoms with Crippen LogP contribution in [0.5, 0.6) is 0 Å². The van der Waals surface area contributed by atoms with Gasteiger partial charge in [-0.15, -0.1) is 0 Å². The lowest BCUT2D eigenvalue weighted by Crippen LogP contribution is -2.51. The van der Waals surface area contributed by atoms with Crippen molar-refractivity contribution in [2.45, 2.75) is 118 Å². The number of nitrogens with one attached hydrogen (secondary N) is 1. The summed E-state index contributed by atoms with van der Waals surface area (Å²) in [7, 11) is 0. The zero-order valence-electron chi connectivity index (χ0n) is 25.3.